The molecule has 0 N–H and O–H groups in total. The maximum atomic E-state index is 5.25. The second-order valence-electron chi connectivity index (χ2n) is 3.42. The van der Waals surface area contributed by atoms with Crippen molar-refractivity contribution in [2.75, 3.05) is 7.11 Å². The molecule has 2 aromatic rings. The first-order valence-electron chi connectivity index (χ1n) is 4.63. The molecule has 14 heavy (non-hydrogen) atoms. The lowest BCUT2D eigenvalue weighted by Crippen LogP contribution is -1.91. The van der Waals surface area contributed by atoms with Crippen LogP contribution in [0.1, 0.15) is 11.3 Å². The van der Waals surface area contributed by atoms with Gasteiger partial charge in [-0.05, 0) is 32.0 Å². The lowest BCUT2D eigenvalue weighted by Gasteiger charge is -2.07. The molecule has 0 aliphatic carbocycles. The van der Waals surface area contributed by atoms with Crippen LogP contribution in [-0.4, -0.2) is 12.1 Å². The van der Waals surface area contributed by atoms with Gasteiger partial charge >= 0.3 is 0 Å². The van der Waals surface area contributed by atoms with Crippen molar-refractivity contribution in [2.45, 2.75) is 13.8 Å². The first-order chi connectivity index (χ1) is 6.72. The summed E-state index contributed by atoms with van der Waals surface area (Å²) in [6.45, 7) is 4.03. The number of fused-ring (bicyclic) bond motifs is 1. The van der Waals surface area contributed by atoms with Gasteiger partial charge in [0, 0.05) is 16.6 Å². The Bertz CT molecular complexity index is 477. The molecule has 0 aliphatic rings. The fourth-order valence-electron chi connectivity index (χ4n) is 1.63. The van der Waals surface area contributed by atoms with Gasteiger partial charge in [-0.3, -0.25) is 4.98 Å². The molecule has 0 unspecified atom stereocenters. The molecule has 0 aliphatic heterocycles. The molecule has 0 bridgehead atoms. The van der Waals surface area contributed by atoms with E-state index in [1.807, 2.05) is 32.0 Å². The second kappa shape index (κ2) is 3.29. The van der Waals surface area contributed by atoms with Crippen LogP contribution in [0.4, 0.5) is 0 Å². The summed E-state index contributed by atoms with van der Waals surface area (Å²) in [6.07, 6.45) is 0. The van der Waals surface area contributed by atoms with E-state index in [1.54, 1.807) is 7.11 Å². The van der Waals surface area contributed by atoms with Gasteiger partial charge in [-0.2, -0.15) is 0 Å². The Hall–Kier alpha value is -1.57. The highest BCUT2D eigenvalue weighted by Crippen LogP contribution is 2.25. The molecular weight excluding hydrogens is 174 g/mol. The number of hydrogen-bond donors (Lipinski definition) is 0. The first-order valence-corrected chi connectivity index (χ1v) is 4.63. The van der Waals surface area contributed by atoms with E-state index in [2.05, 4.69) is 11.1 Å². The second-order valence-corrected chi connectivity index (χ2v) is 3.42. The number of pyridine rings is 1. The third-order valence-electron chi connectivity index (χ3n) is 2.42. The zero-order chi connectivity index (χ0) is 10.1. The van der Waals surface area contributed by atoms with Crippen molar-refractivity contribution in [1.82, 2.24) is 4.98 Å². The van der Waals surface area contributed by atoms with Gasteiger partial charge in [0.1, 0.15) is 5.75 Å². The van der Waals surface area contributed by atoms with Gasteiger partial charge in [-0.15, -0.1) is 0 Å². The predicted molar refractivity (Wildman–Crippen MR) is 57.8 cm³/mol. The molecule has 2 rings (SSSR count). The van der Waals surface area contributed by atoms with Crippen LogP contribution in [0.15, 0.2) is 24.3 Å². The third-order valence-corrected chi connectivity index (χ3v) is 2.42. The molecule has 1 aromatic heterocycles. The Morgan fingerprint density at radius 2 is 1.79 bits per heavy atom. The molecule has 0 fully saturated rings. The highest BCUT2D eigenvalue weighted by Gasteiger charge is 2.04. The van der Waals surface area contributed by atoms with Gasteiger partial charge < -0.3 is 4.74 Å². The van der Waals surface area contributed by atoms with E-state index in [9.17, 15) is 0 Å². The number of nitrogens with zero attached hydrogens (tertiary/aromatic N) is 1. The number of aromatic nitrogens is 1. The van der Waals surface area contributed by atoms with Crippen molar-refractivity contribution in [2.24, 2.45) is 0 Å². The smallest absolute Gasteiger partial charge is 0.123 e. The lowest BCUT2D eigenvalue weighted by atomic mass is 10.1. The van der Waals surface area contributed by atoms with Crippen LogP contribution in [0.3, 0.4) is 0 Å². The summed E-state index contributed by atoms with van der Waals surface area (Å²) in [7, 11) is 1.68. The summed E-state index contributed by atoms with van der Waals surface area (Å²) in [5.41, 5.74) is 3.17. The van der Waals surface area contributed by atoms with Crippen LogP contribution in [0.5, 0.6) is 5.75 Å². The summed E-state index contributed by atoms with van der Waals surface area (Å²) >= 11 is 0. The molecule has 0 radical (unpaired) electrons. The number of aryl methyl sites for hydroxylation is 2. The quantitative estimate of drug-likeness (QED) is 0.684. The molecule has 1 heterocycles. The zero-order valence-electron chi connectivity index (χ0n) is 8.66. The largest absolute Gasteiger partial charge is 0.496 e. The average Bonchev–Trinajstić information content (AvgIpc) is 2.20. The maximum absolute atomic E-state index is 5.25. The summed E-state index contributed by atoms with van der Waals surface area (Å²) in [5.74, 6) is 0.899. The molecule has 1 aromatic carbocycles. The number of benzene rings is 1. The maximum Gasteiger partial charge on any atom is 0.123 e. The van der Waals surface area contributed by atoms with Crippen molar-refractivity contribution >= 4 is 10.9 Å². The van der Waals surface area contributed by atoms with E-state index in [1.165, 1.54) is 0 Å². The van der Waals surface area contributed by atoms with Crippen LogP contribution >= 0.6 is 0 Å². The van der Waals surface area contributed by atoms with Crippen molar-refractivity contribution in [3.8, 4) is 5.75 Å². The van der Waals surface area contributed by atoms with Gasteiger partial charge in [0.15, 0.2) is 0 Å². The summed E-state index contributed by atoms with van der Waals surface area (Å²) in [6, 6.07) is 8.13. The van der Waals surface area contributed by atoms with Gasteiger partial charge in [-0.1, -0.05) is 6.07 Å². The number of hydrogen-bond acceptors (Lipinski definition) is 2. The molecule has 0 amide bonds. The molecule has 0 spiro atoms. The fourth-order valence-corrected chi connectivity index (χ4v) is 1.63. The SMILES string of the molecule is COc1ccc2ccc(C)nc2c1C. The Kier molecular flexibility index (Phi) is 2.12. The van der Waals surface area contributed by atoms with Crippen molar-refractivity contribution < 1.29 is 4.74 Å². The van der Waals surface area contributed by atoms with Crippen LogP contribution < -0.4 is 4.74 Å². The number of rotatable bonds is 1. The van der Waals surface area contributed by atoms with Crippen LogP contribution in [0, 0.1) is 13.8 Å². The Labute approximate surface area is 83.5 Å². The average molecular weight is 187 g/mol. The molecule has 72 valence electrons. The Morgan fingerprint density at radius 3 is 2.50 bits per heavy atom. The van der Waals surface area contributed by atoms with Crippen molar-refractivity contribution in [1.29, 1.82) is 0 Å². The van der Waals surface area contributed by atoms with E-state index >= 15 is 0 Å². The standard InChI is InChI=1S/C12H13NO/c1-8-4-5-10-6-7-11(14-3)9(2)12(10)13-8/h4-7H,1-3H3. The van der Waals surface area contributed by atoms with E-state index in [0.29, 0.717) is 0 Å². The van der Waals surface area contributed by atoms with Crippen LogP contribution in [0.25, 0.3) is 10.9 Å². The fraction of sp³-hybridized carbons (Fsp3) is 0.250. The molecule has 0 saturated heterocycles. The molecule has 2 nitrogen and oxygen atoms in total. The van der Waals surface area contributed by atoms with Crippen LogP contribution in [-0.2, 0) is 0 Å². The van der Waals surface area contributed by atoms with Crippen molar-refractivity contribution in [3.05, 3.63) is 35.5 Å². The van der Waals surface area contributed by atoms with Gasteiger partial charge in [-0.25, -0.2) is 0 Å². The van der Waals surface area contributed by atoms with E-state index in [0.717, 1.165) is 27.9 Å². The van der Waals surface area contributed by atoms with Crippen LogP contribution in [0.2, 0.25) is 0 Å². The normalized spacial score (nSPS) is 10.5. The predicted octanol–water partition coefficient (Wildman–Crippen LogP) is 2.86. The van der Waals surface area contributed by atoms with E-state index in [-0.39, 0.29) is 0 Å². The molecule has 0 atom stereocenters. The minimum atomic E-state index is 0.899. The third kappa shape index (κ3) is 1.33. The zero-order valence-corrected chi connectivity index (χ0v) is 8.66. The summed E-state index contributed by atoms with van der Waals surface area (Å²) < 4.78 is 5.25. The minimum Gasteiger partial charge on any atom is -0.496 e. The Balaban J connectivity index is 2.79. The summed E-state index contributed by atoms with van der Waals surface area (Å²) in [5, 5.41) is 1.16. The summed E-state index contributed by atoms with van der Waals surface area (Å²) in [4.78, 5) is 4.50. The molecular formula is C12H13NO. The first kappa shape index (κ1) is 9.00. The molecule has 0 saturated carbocycles. The minimum absolute atomic E-state index is 0.899. The van der Waals surface area contributed by atoms with Gasteiger partial charge in [0.25, 0.3) is 0 Å². The van der Waals surface area contributed by atoms with Gasteiger partial charge in [0.2, 0.25) is 0 Å². The monoisotopic (exact) mass is 187 g/mol. The molecule has 2 heteroatoms. The number of methoxy groups -OCH3 is 1. The topological polar surface area (TPSA) is 22.1 Å². The Morgan fingerprint density at radius 1 is 1.07 bits per heavy atom. The van der Waals surface area contributed by atoms with Crippen molar-refractivity contribution in [3.63, 3.8) is 0 Å². The van der Waals surface area contributed by atoms with Gasteiger partial charge in [0.05, 0.1) is 12.6 Å². The van der Waals surface area contributed by atoms with E-state index < -0.39 is 0 Å². The lowest BCUT2D eigenvalue weighted by molar-refractivity contribution is 0.412. The van der Waals surface area contributed by atoms with E-state index in [4.69, 9.17) is 4.74 Å². The number of ether oxygens (including phenoxy) is 1. The highest BCUT2D eigenvalue weighted by molar-refractivity contribution is 5.83. The highest BCUT2D eigenvalue weighted by atomic mass is 16.5.